The molecule has 0 rings (SSSR count). The van der Waals surface area contributed by atoms with Crippen LogP contribution in [0.25, 0.3) is 0 Å². The standard InChI is InChI=1S/C65H126O6/c1-6-7-8-9-10-11-28-35-40-45-50-55-63(66)69-58-62(71-65(68)57-52-47-42-37-32-27-23-19-15-13-17-21-25-30-34-39-44-49-54-61(4)5)59-70-64(67)56-51-46-41-36-31-26-22-18-14-12-16-20-24-29-33-38-43-48-53-60(2)3/h60-62H,6-59H2,1-5H3/t62-/m0/s1. The Kier molecular flexibility index (Phi) is 56.4. The van der Waals surface area contributed by atoms with Crippen molar-refractivity contribution in [2.45, 2.75) is 375 Å². The summed E-state index contributed by atoms with van der Waals surface area (Å²) < 4.78 is 16.9. The van der Waals surface area contributed by atoms with Crippen molar-refractivity contribution in [2.75, 3.05) is 13.2 Å². The number of esters is 3. The molecule has 6 nitrogen and oxygen atoms in total. The maximum Gasteiger partial charge on any atom is 0.306 e. The van der Waals surface area contributed by atoms with Crippen molar-refractivity contribution in [1.29, 1.82) is 0 Å². The first-order chi connectivity index (χ1) is 34.7. The first-order valence-corrected chi connectivity index (χ1v) is 32.2. The Hall–Kier alpha value is -1.59. The number of ether oxygens (including phenoxy) is 3. The quantitative estimate of drug-likeness (QED) is 0.0343. The molecule has 6 heteroatoms. The fraction of sp³-hybridized carbons (Fsp3) is 0.954. The van der Waals surface area contributed by atoms with E-state index in [1.165, 1.54) is 257 Å². The highest BCUT2D eigenvalue weighted by atomic mass is 16.6. The van der Waals surface area contributed by atoms with Crippen LogP contribution in [0.1, 0.15) is 369 Å². The molecule has 0 N–H and O–H groups in total. The summed E-state index contributed by atoms with van der Waals surface area (Å²) in [6.07, 6.45) is 64.0. The number of unbranched alkanes of at least 4 members (excludes halogenated alkanes) is 44. The fourth-order valence-electron chi connectivity index (χ4n) is 10.1. The van der Waals surface area contributed by atoms with E-state index in [9.17, 15) is 14.4 Å². The van der Waals surface area contributed by atoms with Crippen LogP contribution in [-0.4, -0.2) is 37.2 Å². The molecule has 1 atom stereocenters. The Morgan fingerprint density at radius 1 is 0.268 bits per heavy atom. The summed E-state index contributed by atoms with van der Waals surface area (Å²) in [6, 6.07) is 0. The summed E-state index contributed by atoms with van der Waals surface area (Å²) in [4.78, 5) is 38.2. The Morgan fingerprint density at radius 2 is 0.465 bits per heavy atom. The third-order valence-electron chi connectivity index (χ3n) is 15.0. The molecule has 0 amide bonds. The van der Waals surface area contributed by atoms with Gasteiger partial charge in [-0.3, -0.25) is 14.4 Å². The van der Waals surface area contributed by atoms with Crippen LogP contribution in [0.15, 0.2) is 0 Å². The van der Waals surface area contributed by atoms with Crippen LogP contribution in [0, 0.1) is 11.8 Å². The fourth-order valence-corrected chi connectivity index (χ4v) is 10.1. The molecule has 0 unspecified atom stereocenters. The predicted octanol–water partition coefficient (Wildman–Crippen LogP) is 21.6. The van der Waals surface area contributed by atoms with E-state index in [2.05, 4.69) is 34.6 Å². The maximum atomic E-state index is 12.9. The molecule has 0 aliphatic carbocycles. The van der Waals surface area contributed by atoms with E-state index in [1.807, 2.05) is 0 Å². The summed E-state index contributed by atoms with van der Waals surface area (Å²) in [5, 5.41) is 0. The zero-order valence-electron chi connectivity index (χ0n) is 48.9. The Labute approximate surface area is 444 Å². The Morgan fingerprint density at radius 3 is 0.690 bits per heavy atom. The molecule has 0 aliphatic rings. The van der Waals surface area contributed by atoms with Crippen molar-refractivity contribution in [3.63, 3.8) is 0 Å². The van der Waals surface area contributed by atoms with Gasteiger partial charge in [0.15, 0.2) is 6.10 Å². The van der Waals surface area contributed by atoms with Crippen molar-refractivity contribution >= 4 is 17.9 Å². The number of hydrogen-bond donors (Lipinski definition) is 0. The minimum absolute atomic E-state index is 0.0618. The van der Waals surface area contributed by atoms with E-state index in [4.69, 9.17) is 14.2 Å². The first-order valence-electron chi connectivity index (χ1n) is 32.2. The normalized spacial score (nSPS) is 12.0. The molecule has 71 heavy (non-hydrogen) atoms. The lowest BCUT2D eigenvalue weighted by molar-refractivity contribution is -0.167. The first kappa shape index (κ1) is 69.4. The van der Waals surface area contributed by atoms with E-state index in [0.29, 0.717) is 19.3 Å². The monoisotopic (exact) mass is 1000 g/mol. The third-order valence-corrected chi connectivity index (χ3v) is 15.0. The molecule has 0 fully saturated rings. The largest absolute Gasteiger partial charge is 0.462 e. The summed E-state index contributed by atoms with van der Waals surface area (Å²) >= 11 is 0. The molecule has 0 heterocycles. The van der Waals surface area contributed by atoms with Gasteiger partial charge < -0.3 is 14.2 Å². The van der Waals surface area contributed by atoms with Crippen molar-refractivity contribution in [3.05, 3.63) is 0 Å². The smallest absolute Gasteiger partial charge is 0.306 e. The molecule has 0 aromatic heterocycles. The molecule has 0 saturated heterocycles. The number of carbonyl (C=O) groups is 3. The van der Waals surface area contributed by atoms with Crippen LogP contribution in [0.3, 0.4) is 0 Å². The molecule has 0 spiro atoms. The number of hydrogen-bond acceptors (Lipinski definition) is 6. The minimum Gasteiger partial charge on any atom is -0.462 e. The van der Waals surface area contributed by atoms with E-state index in [-0.39, 0.29) is 31.1 Å². The predicted molar refractivity (Wildman–Crippen MR) is 307 cm³/mol. The second-order valence-corrected chi connectivity index (χ2v) is 23.4. The van der Waals surface area contributed by atoms with Crippen LogP contribution in [0.5, 0.6) is 0 Å². The van der Waals surface area contributed by atoms with Crippen molar-refractivity contribution in [1.82, 2.24) is 0 Å². The van der Waals surface area contributed by atoms with Gasteiger partial charge in [-0.05, 0) is 31.1 Å². The highest BCUT2D eigenvalue weighted by Gasteiger charge is 2.19. The second-order valence-electron chi connectivity index (χ2n) is 23.4. The summed E-state index contributed by atoms with van der Waals surface area (Å²) in [5.74, 6) is 0.885. The third kappa shape index (κ3) is 59.2. The summed E-state index contributed by atoms with van der Waals surface area (Å²) in [7, 11) is 0. The van der Waals surface area contributed by atoms with Gasteiger partial charge in [-0.1, -0.05) is 330 Å². The maximum absolute atomic E-state index is 12.9. The van der Waals surface area contributed by atoms with Gasteiger partial charge in [-0.25, -0.2) is 0 Å². The SMILES string of the molecule is CCCCCCCCCCCCCC(=O)OC[C@@H](COC(=O)CCCCCCCCCCCCCCCCCCCCC(C)C)OC(=O)CCCCCCCCCCCCCCCCCCCCC(C)C. The molecular formula is C65H126O6. The molecule has 0 radical (unpaired) electrons. The minimum atomic E-state index is -0.763. The highest BCUT2D eigenvalue weighted by molar-refractivity contribution is 5.71. The van der Waals surface area contributed by atoms with Gasteiger partial charge in [0.1, 0.15) is 13.2 Å². The van der Waals surface area contributed by atoms with Crippen molar-refractivity contribution < 1.29 is 28.6 Å². The lowest BCUT2D eigenvalue weighted by atomic mass is 10.0. The lowest BCUT2D eigenvalue weighted by Crippen LogP contribution is -2.30. The van der Waals surface area contributed by atoms with Crippen LogP contribution in [-0.2, 0) is 28.6 Å². The molecule has 0 saturated carbocycles. The van der Waals surface area contributed by atoms with E-state index >= 15 is 0 Å². The number of carbonyl (C=O) groups excluding carboxylic acids is 3. The van der Waals surface area contributed by atoms with Gasteiger partial charge in [0.2, 0.25) is 0 Å². The summed E-state index contributed by atoms with van der Waals surface area (Å²) in [5.41, 5.74) is 0. The Bertz CT molecular complexity index is 1090. The van der Waals surface area contributed by atoms with E-state index in [0.717, 1.165) is 69.6 Å². The zero-order chi connectivity index (χ0) is 51.8. The van der Waals surface area contributed by atoms with Gasteiger partial charge in [0.05, 0.1) is 0 Å². The van der Waals surface area contributed by atoms with Gasteiger partial charge >= 0.3 is 17.9 Å². The summed E-state index contributed by atoms with van der Waals surface area (Å²) in [6.45, 7) is 11.5. The molecule has 0 aromatic rings. The highest BCUT2D eigenvalue weighted by Crippen LogP contribution is 2.19. The molecule has 0 aliphatic heterocycles. The second kappa shape index (κ2) is 57.7. The lowest BCUT2D eigenvalue weighted by Gasteiger charge is -2.18. The molecule has 422 valence electrons. The number of rotatable bonds is 59. The average Bonchev–Trinajstić information content (AvgIpc) is 3.35. The topological polar surface area (TPSA) is 78.9 Å². The van der Waals surface area contributed by atoms with E-state index < -0.39 is 6.10 Å². The van der Waals surface area contributed by atoms with E-state index in [1.54, 1.807) is 0 Å². The van der Waals surface area contributed by atoms with Gasteiger partial charge in [-0.15, -0.1) is 0 Å². The van der Waals surface area contributed by atoms with Crippen molar-refractivity contribution in [2.24, 2.45) is 11.8 Å². The van der Waals surface area contributed by atoms with Crippen LogP contribution < -0.4 is 0 Å². The molecule has 0 aromatic carbocycles. The Balaban J connectivity index is 4.20. The zero-order valence-corrected chi connectivity index (χ0v) is 48.9. The van der Waals surface area contributed by atoms with Gasteiger partial charge in [0, 0.05) is 19.3 Å². The average molecular weight is 1000 g/mol. The van der Waals surface area contributed by atoms with Crippen LogP contribution in [0.4, 0.5) is 0 Å². The van der Waals surface area contributed by atoms with Gasteiger partial charge in [0.25, 0.3) is 0 Å². The van der Waals surface area contributed by atoms with Crippen molar-refractivity contribution in [3.8, 4) is 0 Å². The van der Waals surface area contributed by atoms with Crippen LogP contribution in [0.2, 0.25) is 0 Å². The molecule has 0 bridgehead atoms. The van der Waals surface area contributed by atoms with Gasteiger partial charge in [-0.2, -0.15) is 0 Å². The molecular weight excluding hydrogens is 877 g/mol. The van der Waals surface area contributed by atoms with Crippen LogP contribution >= 0.6 is 0 Å².